The van der Waals surface area contributed by atoms with Crippen molar-refractivity contribution in [3.05, 3.63) is 68.2 Å². The number of hydrogen-bond donors (Lipinski definition) is 0. The zero-order valence-corrected chi connectivity index (χ0v) is 13.8. The maximum Gasteiger partial charge on any atom is 0.255 e. The van der Waals surface area contributed by atoms with E-state index in [0.717, 1.165) is 15.6 Å². The Labute approximate surface area is 141 Å². The predicted molar refractivity (Wildman–Crippen MR) is 91.3 cm³/mol. The van der Waals surface area contributed by atoms with Crippen LogP contribution in [0.2, 0.25) is 10.0 Å². The zero-order valence-electron chi connectivity index (χ0n) is 10.7. The van der Waals surface area contributed by atoms with Crippen LogP contribution in [0.3, 0.4) is 0 Å². The van der Waals surface area contributed by atoms with Crippen LogP contribution in [0.25, 0.3) is 10.7 Å². The number of thioether (sulfide) groups is 2. The Morgan fingerprint density at radius 3 is 2.95 bits per heavy atom. The lowest BCUT2D eigenvalue weighted by atomic mass is 10.2. The van der Waals surface area contributed by atoms with E-state index in [4.69, 9.17) is 29.8 Å². The van der Waals surface area contributed by atoms with Crippen LogP contribution in [-0.4, -0.2) is 15.3 Å². The van der Waals surface area contributed by atoms with Gasteiger partial charge in [-0.25, -0.2) is 4.98 Å². The number of imidazole rings is 1. The zero-order chi connectivity index (χ0) is 14.8. The smallest absolute Gasteiger partial charge is 0.255 e. The molecule has 2 aromatic rings. The van der Waals surface area contributed by atoms with Crippen LogP contribution in [0.15, 0.2) is 41.2 Å². The van der Waals surface area contributed by atoms with Crippen LogP contribution >= 0.6 is 46.7 Å². The Hall–Kier alpha value is -1.06. The molecule has 3 rings (SSSR count). The molecule has 1 saturated heterocycles. The molecular weight excluding hydrogens is 345 g/mol. The Morgan fingerprint density at radius 1 is 1.43 bits per heavy atom. The van der Waals surface area contributed by atoms with Gasteiger partial charge in [0.2, 0.25) is 0 Å². The average Bonchev–Trinajstić information content (AvgIpc) is 3.12. The molecule has 3 nitrogen and oxygen atoms in total. The number of hydrogen-bond acceptors (Lipinski definition) is 3. The van der Waals surface area contributed by atoms with Crippen molar-refractivity contribution in [3.63, 3.8) is 0 Å². The molecule has 0 aliphatic carbocycles. The van der Waals surface area contributed by atoms with Crippen molar-refractivity contribution in [2.24, 2.45) is 0 Å². The molecular formula is C14H9Cl2N3S2. The monoisotopic (exact) mass is 353 g/mol. The molecule has 1 aromatic carbocycles. The molecule has 106 valence electrons. The molecule has 1 aliphatic heterocycles. The van der Waals surface area contributed by atoms with Gasteiger partial charge < -0.3 is 4.85 Å². The van der Waals surface area contributed by atoms with E-state index in [1.807, 2.05) is 12.1 Å². The van der Waals surface area contributed by atoms with E-state index in [1.54, 1.807) is 52.9 Å². The highest BCUT2D eigenvalue weighted by molar-refractivity contribution is 8.25. The maximum atomic E-state index is 7.39. The molecule has 1 fully saturated rings. The first kappa shape index (κ1) is 14.9. The molecule has 7 heteroatoms. The Kier molecular flexibility index (Phi) is 4.51. The van der Waals surface area contributed by atoms with Gasteiger partial charge in [-0.2, -0.15) is 0 Å². The average molecular weight is 354 g/mol. The number of aromatic nitrogens is 2. The molecule has 0 saturated carbocycles. The predicted octanol–water partition coefficient (Wildman–Crippen LogP) is 5.41. The summed E-state index contributed by atoms with van der Waals surface area (Å²) in [6, 6.07) is 5.57. The second-order valence-corrected chi connectivity index (χ2v) is 7.62. The molecule has 0 bridgehead atoms. The third kappa shape index (κ3) is 3.09. The van der Waals surface area contributed by atoms with E-state index in [1.165, 1.54) is 0 Å². The van der Waals surface area contributed by atoms with E-state index >= 15 is 0 Å². The van der Waals surface area contributed by atoms with Gasteiger partial charge in [-0.15, -0.1) is 23.5 Å². The third-order valence-electron chi connectivity index (χ3n) is 2.96. The minimum absolute atomic E-state index is 0.232. The lowest BCUT2D eigenvalue weighted by Crippen LogP contribution is -1.93. The molecule has 0 amide bonds. The largest absolute Gasteiger partial charge is 0.362 e. The second kappa shape index (κ2) is 6.37. The fourth-order valence-corrected chi connectivity index (χ4v) is 5.49. The van der Waals surface area contributed by atoms with Gasteiger partial charge >= 0.3 is 0 Å². The maximum absolute atomic E-state index is 7.39. The minimum atomic E-state index is 0.232. The summed E-state index contributed by atoms with van der Waals surface area (Å²) in [5.41, 5.74) is 1.06. The van der Waals surface area contributed by atoms with Gasteiger partial charge in [0.25, 0.3) is 5.82 Å². The molecule has 0 unspecified atom stereocenters. The van der Waals surface area contributed by atoms with Gasteiger partial charge in [0.1, 0.15) is 0 Å². The number of benzene rings is 1. The highest BCUT2D eigenvalue weighted by Gasteiger charge is 2.27. The quantitative estimate of drug-likeness (QED) is 0.673. The number of halogens is 2. The Balaban J connectivity index is 1.90. The van der Waals surface area contributed by atoms with Gasteiger partial charge in [-0.3, -0.25) is 4.57 Å². The molecule has 0 N–H and O–H groups in total. The van der Waals surface area contributed by atoms with Gasteiger partial charge in [0, 0.05) is 21.0 Å². The van der Waals surface area contributed by atoms with Crippen LogP contribution in [0.5, 0.6) is 0 Å². The van der Waals surface area contributed by atoms with Gasteiger partial charge in [-0.05, 0) is 17.7 Å². The lowest BCUT2D eigenvalue weighted by Gasteiger charge is -2.10. The van der Waals surface area contributed by atoms with E-state index in [2.05, 4.69) is 9.83 Å². The van der Waals surface area contributed by atoms with E-state index in [9.17, 15) is 0 Å². The molecule has 0 radical (unpaired) electrons. The first-order valence-electron chi connectivity index (χ1n) is 6.03. The summed E-state index contributed by atoms with van der Waals surface area (Å²) in [7, 11) is 0. The highest BCUT2D eigenvalue weighted by atomic mass is 35.5. The minimum Gasteiger partial charge on any atom is -0.362 e. The second-order valence-electron chi connectivity index (χ2n) is 4.28. The summed E-state index contributed by atoms with van der Waals surface area (Å²) in [6.45, 7) is 7.39. The Morgan fingerprint density at radius 2 is 2.29 bits per heavy atom. The van der Waals surface area contributed by atoms with Crippen molar-refractivity contribution < 1.29 is 0 Å². The van der Waals surface area contributed by atoms with E-state index < -0.39 is 0 Å². The third-order valence-corrected chi connectivity index (χ3v) is 6.42. The van der Waals surface area contributed by atoms with Crippen molar-refractivity contribution in [1.29, 1.82) is 0 Å². The number of nitrogens with zero attached hydrogens (tertiary/aromatic N) is 3. The van der Waals surface area contributed by atoms with Gasteiger partial charge in [0.15, 0.2) is 6.33 Å². The fraction of sp³-hybridized carbons (Fsp3) is 0.143. The van der Waals surface area contributed by atoms with Crippen molar-refractivity contribution in [3.8, 4) is 0 Å². The van der Waals surface area contributed by atoms with Crippen molar-refractivity contribution in [1.82, 2.24) is 9.55 Å². The summed E-state index contributed by atoms with van der Waals surface area (Å²) in [4.78, 5) is 7.63. The van der Waals surface area contributed by atoms with Crippen molar-refractivity contribution in [2.75, 3.05) is 5.75 Å². The summed E-state index contributed by atoms with van der Waals surface area (Å²) >= 11 is 15.6. The lowest BCUT2D eigenvalue weighted by molar-refractivity contribution is 1.10. The molecule has 1 atom stereocenters. The first-order chi connectivity index (χ1) is 10.2. The summed E-state index contributed by atoms with van der Waals surface area (Å²) < 4.78 is 2.74. The number of rotatable bonds is 2. The van der Waals surface area contributed by atoms with Crippen molar-refractivity contribution in [2.45, 2.75) is 5.25 Å². The van der Waals surface area contributed by atoms with Crippen LogP contribution < -0.4 is 0 Å². The standard InChI is InChI=1S/C14H9Cl2N3S2/c1-17-13(19-5-4-18-8-19)14-20-7-12(21-14)10-3-2-9(15)6-11(10)16/h2-6,8,12H,7H2/b14-13-/t12-/m1/s1. The fourth-order valence-electron chi connectivity index (χ4n) is 1.97. The van der Waals surface area contributed by atoms with E-state index in [0.29, 0.717) is 15.9 Å². The highest BCUT2D eigenvalue weighted by Crippen LogP contribution is 2.53. The molecule has 1 aliphatic rings. The molecule has 0 spiro atoms. The van der Waals surface area contributed by atoms with Gasteiger partial charge in [-0.1, -0.05) is 35.8 Å². The summed E-state index contributed by atoms with van der Waals surface area (Å²) in [5, 5.41) is 1.54. The van der Waals surface area contributed by atoms with Crippen LogP contribution in [0, 0.1) is 6.57 Å². The molecule has 21 heavy (non-hydrogen) atoms. The summed E-state index contributed by atoms with van der Waals surface area (Å²) in [5.74, 6) is 1.48. The van der Waals surface area contributed by atoms with Crippen LogP contribution in [-0.2, 0) is 0 Å². The van der Waals surface area contributed by atoms with E-state index in [-0.39, 0.29) is 5.25 Å². The topological polar surface area (TPSA) is 22.2 Å². The first-order valence-corrected chi connectivity index (χ1v) is 8.65. The molecule has 1 aromatic heterocycles. The van der Waals surface area contributed by atoms with Crippen LogP contribution in [0.1, 0.15) is 10.8 Å². The van der Waals surface area contributed by atoms with Gasteiger partial charge in [0.05, 0.1) is 16.6 Å². The molecule has 2 heterocycles. The normalized spacial score (nSPS) is 20.3. The Bertz CT molecular complexity index is 735. The summed E-state index contributed by atoms with van der Waals surface area (Å²) in [6.07, 6.45) is 5.09. The SMILES string of the molecule is [C-]#[N+]/C(=C1\SC[C@H](c2ccc(Cl)cc2Cl)S1)n1ccnc1. The van der Waals surface area contributed by atoms with Crippen molar-refractivity contribution >= 4 is 52.5 Å². The van der Waals surface area contributed by atoms with Crippen LogP contribution in [0.4, 0.5) is 0 Å².